The Bertz CT molecular complexity index is 459. The molecule has 0 saturated heterocycles. The summed E-state index contributed by atoms with van der Waals surface area (Å²) >= 11 is 0. The number of aliphatic carboxylic acids is 1. The number of ether oxygens (including phenoxy) is 1. The predicted octanol–water partition coefficient (Wildman–Crippen LogP) is 2.71. The van der Waals surface area contributed by atoms with Gasteiger partial charge in [0.1, 0.15) is 5.75 Å². The number of carbonyl (C=O) groups excluding carboxylic acids is 1. The van der Waals surface area contributed by atoms with Gasteiger partial charge >= 0.3 is 12.0 Å². The van der Waals surface area contributed by atoms with E-state index in [9.17, 15) is 9.59 Å². The maximum Gasteiger partial charge on any atom is 0.319 e. The summed E-state index contributed by atoms with van der Waals surface area (Å²) in [6.45, 7) is 4.56. The zero-order valence-corrected chi connectivity index (χ0v) is 12.4. The average molecular weight is 294 g/mol. The molecule has 0 aromatic heterocycles. The number of amides is 2. The topological polar surface area (TPSA) is 87.7 Å². The molecule has 6 heteroatoms. The standard InChI is InChI=1S/C15H22N2O4/c1-3-9-21-13-7-5-12(6-8-13)17-15(20)16-10-11(4-2)14(18)19/h5-8,11H,3-4,9-10H2,1-2H3,(H,18,19)(H2,16,17,20). The highest BCUT2D eigenvalue weighted by atomic mass is 16.5. The van der Waals surface area contributed by atoms with Gasteiger partial charge < -0.3 is 20.5 Å². The SMILES string of the molecule is CCCOc1ccc(NC(=O)NCC(CC)C(=O)O)cc1. The molecule has 3 N–H and O–H groups in total. The number of carboxylic acid groups (broad SMARTS) is 1. The number of urea groups is 1. The molecule has 2 amide bonds. The van der Waals surface area contributed by atoms with Crippen molar-refractivity contribution >= 4 is 17.7 Å². The molecular weight excluding hydrogens is 272 g/mol. The number of carbonyl (C=O) groups is 2. The van der Waals surface area contributed by atoms with Crippen molar-refractivity contribution in [3.05, 3.63) is 24.3 Å². The van der Waals surface area contributed by atoms with Crippen molar-refractivity contribution in [3.63, 3.8) is 0 Å². The first-order valence-corrected chi connectivity index (χ1v) is 7.07. The van der Waals surface area contributed by atoms with Crippen molar-refractivity contribution in [2.45, 2.75) is 26.7 Å². The van der Waals surface area contributed by atoms with Crippen molar-refractivity contribution in [1.29, 1.82) is 0 Å². The van der Waals surface area contributed by atoms with E-state index in [0.29, 0.717) is 18.7 Å². The molecule has 1 atom stereocenters. The Kier molecular flexibility index (Phi) is 7.08. The minimum atomic E-state index is -0.907. The summed E-state index contributed by atoms with van der Waals surface area (Å²) in [6.07, 6.45) is 1.41. The molecule has 0 aliphatic heterocycles. The molecule has 0 radical (unpaired) electrons. The summed E-state index contributed by atoms with van der Waals surface area (Å²) in [6, 6.07) is 6.60. The van der Waals surface area contributed by atoms with Crippen LogP contribution in [0.1, 0.15) is 26.7 Å². The van der Waals surface area contributed by atoms with Crippen LogP contribution in [-0.2, 0) is 4.79 Å². The van der Waals surface area contributed by atoms with Gasteiger partial charge in [0.15, 0.2) is 0 Å². The molecule has 1 aromatic rings. The molecule has 0 spiro atoms. The Morgan fingerprint density at radius 1 is 1.24 bits per heavy atom. The van der Waals surface area contributed by atoms with E-state index in [0.717, 1.165) is 12.2 Å². The molecule has 0 heterocycles. The quantitative estimate of drug-likeness (QED) is 0.688. The van der Waals surface area contributed by atoms with E-state index in [1.165, 1.54) is 0 Å². The predicted molar refractivity (Wildman–Crippen MR) is 80.7 cm³/mol. The van der Waals surface area contributed by atoms with Crippen LogP contribution < -0.4 is 15.4 Å². The highest BCUT2D eigenvalue weighted by Crippen LogP contribution is 2.15. The van der Waals surface area contributed by atoms with Gasteiger partial charge in [-0.15, -0.1) is 0 Å². The molecule has 0 saturated carbocycles. The van der Waals surface area contributed by atoms with E-state index < -0.39 is 17.9 Å². The first-order chi connectivity index (χ1) is 10.1. The highest BCUT2D eigenvalue weighted by molar-refractivity contribution is 5.89. The van der Waals surface area contributed by atoms with Crippen molar-refractivity contribution in [2.24, 2.45) is 5.92 Å². The third kappa shape index (κ3) is 6.16. The van der Waals surface area contributed by atoms with Gasteiger partial charge in [0.2, 0.25) is 0 Å². The third-order valence-electron chi connectivity index (χ3n) is 2.94. The van der Waals surface area contributed by atoms with E-state index in [1.807, 2.05) is 6.92 Å². The highest BCUT2D eigenvalue weighted by Gasteiger charge is 2.15. The van der Waals surface area contributed by atoms with Crippen LogP contribution in [0.15, 0.2) is 24.3 Å². The molecule has 1 rings (SSSR count). The van der Waals surface area contributed by atoms with Gasteiger partial charge in [0, 0.05) is 12.2 Å². The van der Waals surface area contributed by atoms with Gasteiger partial charge in [-0.3, -0.25) is 4.79 Å². The van der Waals surface area contributed by atoms with Gasteiger partial charge in [-0.2, -0.15) is 0 Å². The van der Waals surface area contributed by atoms with Gasteiger partial charge in [0.05, 0.1) is 12.5 Å². The second kappa shape index (κ2) is 8.84. The van der Waals surface area contributed by atoms with Crippen LogP contribution in [0.5, 0.6) is 5.75 Å². The lowest BCUT2D eigenvalue weighted by Gasteiger charge is -2.12. The summed E-state index contributed by atoms with van der Waals surface area (Å²) in [5.41, 5.74) is 0.625. The first kappa shape index (κ1) is 16.8. The molecule has 0 aliphatic rings. The lowest BCUT2D eigenvalue weighted by atomic mass is 10.1. The first-order valence-electron chi connectivity index (χ1n) is 7.07. The Morgan fingerprint density at radius 3 is 2.43 bits per heavy atom. The van der Waals surface area contributed by atoms with Crippen LogP contribution in [0.4, 0.5) is 10.5 Å². The van der Waals surface area contributed by atoms with Gasteiger partial charge in [-0.05, 0) is 37.1 Å². The lowest BCUT2D eigenvalue weighted by molar-refractivity contribution is -0.141. The van der Waals surface area contributed by atoms with E-state index in [-0.39, 0.29) is 6.54 Å². The number of benzene rings is 1. The molecule has 0 aliphatic carbocycles. The minimum absolute atomic E-state index is 0.107. The zero-order chi connectivity index (χ0) is 15.7. The fourth-order valence-electron chi connectivity index (χ4n) is 1.65. The molecule has 0 fully saturated rings. The summed E-state index contributed by atoms with van der Waals surface area (Å²) < 4.78 is 5.44. The fourth-order valence-corrected chi connectivity index (χ4v) is 1.65. The number of hydrogen-bond acceptors (Lipinski definition) is 3. The fraction of sp³-hybridized carbons (Fsp3) is 0.467. The van der Waals surface area contributed by atoms with Crippen LogP contribution in [0.2, 0.25) is 0 Å². The largest absolute Gasteiger partial charge is 0.494 e. The molecule has 1 aromatic carbocycles. The molecule has 1 unspecified atom stereocenters. The van der Waals surface area contributed by atoms with E-state index in [2.05, 4.69) is 10.6 Å². The van der Waals surface area contributed by atoms with Crippen molar-refractivity contribution in [1.82, 2.24) is 5.32 Å². The summed E-state index contributed by atoms with van der Waals surface area (Å²) in [5, 5.41) is 14.1. The summed E-state index contributed by atoms with van der Waals surface area (Å²) in [4.78, 5) is 22.5. The van der Waals surface area contributed by atoms with Crippen molar-refractivity contribution in [2.75, 3.05) is 18.5 Å². The minimum Gasteiger partial charge on any atom is -0.494 e. The Labute approximate surface area is 124 Å². The number of carboxylic acids is 1. The Balaban J connectivity index is 2.42. The summed E-state index contributed by atoms with van der Waals surface area (Å²) in [7, 11) is 0. The van der Waals surface area contributed by atoms with Gasteiger partial charge in [-0.25, -0.2) is 4.79 Å². The molecular formula is C15H22N2O4. The molecule has 116 valence electrons. The van der Waals surface area contributed by atoms with Crippen LogP contribution in [-0.4, -0.2) is 30.3 Å². The van der Waals surface area contributed by atoms with E-state index >= 15 is 0 Å². The second-order valence-electron chi connectivity index (χ2n) is 4.65. The van der Waals surface area contributed by atoms with E-state index in [1.54, 1.807) is 31.2 Å². The molecule has 6 nitrogen and oxygen atoms in total. The molecule has 0 bridgehead atoms. The summed E-state index contributed by atoms with van der Waals surface area (Å²) in [5.74, 6) is -0.726. The van der Waals surface area contributed by atoms with E-state index in [4.69, 9.17) is 9.84 Å². The number of anilines is 1. The van der Waals surface area contributed by atoms with Crippen LogP contribution in [0, 0.1) is 5.92 Å². The smallest absolute Gasteiger partial charge is 0.319 e. The number of rotatable bonds is 8. The van der Waals surface area contributed by atoms with Crippen LogP contribution in [0.25, 0.3) is 0 Å². The van der Waals surface area contributed by atoms with Crippen LogP contribution >= 0.6 is 0 Å². The average Bonchev–Trinajstić information content (AvgIpc) is 2.47. The lowest BCUT2D eigenvalue weighted by Crippen LogP contribution is -2.35. The number of nitrogens with one attached hydrogen (secondary N) is 2. The second-order valence-corrected chi connectivity index (χ2v) is 4.65. The normalized spacial score (nSPS) is 11.5. The Morgan fingerprint density at radius 2 is 1.90 bits per heavy atom. The molecule has 21 heavy (non-hydrogen) atoms. The van der Waals surface area contributed by atoms with Gasteiger partial charge in [-0.1, -0.05) is 13.8 Å². The van der Waals surface area contributed by atoms with Crippen molar-refractivity contribution in [3.8, 4) is 5.75 Å². The maximum absolute atomic E-state index is 11.7. The number of hydrogen-bond donors (Lipinski definition) is 3. The van der Waals surface area contributed by atoms with Gasteiger partial charge in [0.25, 0.3) is 0 Å². The maximum atomic E-state index is 11.7. The zero-order valence-electron chi connectivity index (χ0n) is 12.4. The van der Waals surface area contributed by atoms with Crippen LogP contribution in [0.3, 0.4) is 0 Å². The Hall–Kier alpha value is -2.24. The van der Waals surface area contributed by atoms with Crippen molar-refractivity contribution < 1.29 is 19.4 Å². The third-order valence-corrected chi connectivity index (χ3v) is 2.94. The monoisotopic (exact) mass is 294 g/mol.